The van der Waals surface area contributed by atoms with Crippen LogP contribution in [0.2, 0.25) is 12.6 Å². The maximum Gasteiger partial charge on any atom is 0.388 e. The van der Waals surface area contributed by atoms with E-state index in [1.807, 2.05) is 0 Å². The van der Waals surface area contributed by atoms with Gasteiger partial charge in [-0.1, -0.05) is 14.9 Å². The molecule has 0 saturated heterocycles. The van der Waals surface area contributed by atoms with E-state index in [0.717, 1.165) is 0 Å². The van der Waals surface area contributed by atoms with Crippen LogP contribution in [0.15, 0.2) is 0 Å². The van der Waals surface area contributed by atoms with Crippen molar-refractivity contribution in [1.82, 2.24) is 0 Å². The van der Waals surface area contributed by atoms with Crippen LogP contribution in [0, 0.1) is 0 Å². The largest absolute Gasteiger partial charge is 0.435 e. The smallest absolute Gasteiger partial charge is 0.388 e. The highest BCUT2D eigenvalue weighted by atomic mass is 28.3. The fourth-order valence-corrected chi connectivity index (χ4v) is 1.12. The van der Waals surface area contributed by atoms with Crippen LogP contribution in [0.25, 0.3) is 0 Å². The van der Waals surface area contributed by atoms with Gasteiger partial charge in [0.05, 0.1) is 0 Å². The summed E-state index contributed by atoms with van der Waals surface area (Å²) in [5.74, 6) is 0. The molecule has 1 atom stereocenters. The minimum absolute atomic E-state index is 0. The van der Waals surface area contributed by atoms with Crippen molar-refractivity contribution >= 4 is 9.04 Å². The molecule has 3 N–H and O–H groups in total. The van der Waals surface area contributed by atoms with Crippen molar-refractivity contribution < 1.29 is 23.4 Å². The van der Waals surface area contributed by atoms with Gasteiger partial charge in [-0.05, 0) is 12.6 Å². The summed E-state index contributed by atoms with van der Waals surface area (Å²) in [4.78, 5) is 8.55. The second-order valence-electron chi connectivity index (χ2n) is 2.00. The lowest BCUT2D eigenvalue weighted by atomic mass is 10.5. The van der Waals surface area contributed by atoms with Gasteiger partial charge in [0.2, 0.25) is 0 Å². The Labute approximate surface area is 73.4 Å². The fourth-order valence-electron chi connectivity index (χ4n) is 0.373. The highest BCUT2D eigenvalue weighted by Crippen LogP contribution is 2.21. The highest BCUT2D eigenvalue weighted by Gasteiger charge is 2.27. The zero-order chi connectivity index (χ0) is 7.49. The third-order valence-electron chi connectivity index (χ3n) is 0.846. The molecule has 0 aromatic heterocycles. The van der Waals surface area contributed by atoms with E-state index < -0.39 is 21.6 Å². The van der Waals surface area contributed by atoms with Crippen LogP contribution in [-0.4, -0.2) is 25.5 Å². The van der Waals surface area contributed by atoms with E-state index in [0.29, 0.717) is 0 Å². The SMILES string of the molecule is C.C.C[SiH](O)CCC(F)(F)F.O. The van der Waals surface area contributed by atoms with Gasteiger partial charge in [-0.15, -0.1) is 0 Å². The normalized spacial score (nSPS) is 11.8. The van der Waals surface area contributed by atoms with Gasteiger partial charge < -0.3 is 10.3 Å². The van der Waals surface area contributed by atoms with Crippen molar-refractivity contribution in [3.05, 3.63) is 0 Å². The van der Waals surface area contributed by atoms with Crippen LogP contribution >= 0.6 is 0 Å². The molecular formula is C6H19F3O2Si. The molecule has 6 heteroatoms. The molecule has 1 unspecified atom stereocenters. The molecule has 0 saturated carbocycles. The van der Waals surface area contributed by atoms with Gasteiger partial charge in [0, 0.05) is 6.42 Å². The lowest BCUT2D eigenvalue weighted by molar-refractivity contribution is -0.130. The van der Waals surface area contributed by atoms with E-state index in [1.165, 1.54) is 6.55 Å². The Balaban J connectivity index is -0.000000107. The van der Waals surface area contributed by atoms with Crippen LogP contribution in [0.4, 0.5) is 13.2 Å². The minimum atomic E-state index is -4.09. The first-order valence-electron chi connectivity index (χ1n) is 2.66. The minimum Gasteiger partial charge on any atom is -0.435 e. The molecule has 80 valence electrons. The molecule has 0 aromatic carbocycles. The Kier molecular flexibility index (Phi) is 17.0. The van der Waals surface area contributed by atoms with Gasteiger partial charge in [0.25, 0.3) is 0 Å². The molecular weight excluding hydrogens is 189 g/mol. The summed E-state index contributed by atoms with van der Waals surface area (Å²) in [6.45, 7) is 1.48. The van der Waals surface area contributed by atoms with Crippen molar-refractivity contribution in [3.8, 4) is 0 Å². The Morgan fingerprint density at radius 1 is 1.25 bits per heavy atom. The Morgan fingerprint density at radius 2 is 1.58 bits per heavy atom. The average molecular weight is 208 g/mol. The first-order chi connectivity index (χ1) is 3.92. The first kappa shape index (κ1) is 22.7. The summed E-state index contributed by atoms with van der Waals surface area (Å²) < 4.78 is 34.0. The number of hydrogen-bond acceptors (Lipinski definition) is 1. The van der Waals surface area contributed by atoms with Crippen molar-refractivity contribution in [2.45, 2.75) is 40.0 Å². The lowest BCUT2D eigenvalue weighted by Crippen LogP contribution is -2.13. The second-order valence-corrected chi connectivity index (χ2v) is 4.28. The molecule has 0 radical (unpaired) electrons. The van der Waals surface area contributed by atoms with E-state index in [1.54, 1.807) is 0 Å². The maximum absolute atomic E-state index is 11.3. The topological polar surface area (TPSA) is 51.7 Å². The number of halogens is 3. The molecule has 12 heavy (non-hydrogen) atoms. The molecule has 0 fully saturated rings. The molecule has 0 aromatic rings. The molecule has 0 aliphatic carbocycles. The summed E-state index contributed by atoms with van der Waals surface area (Å²) in [5, 5.41) is 0. The fraction of sp³-hybridized carbons (Fsp3) is 1.00. The number of alkyl halides is 3. The highest BCUT2D eigenvalue weighted by molar-refractivity contribution is 6.48. The summed E-state index contributed by atoms with van der Waals surface area (Å²) in [5.41, 5.74) is 0. The summed E-state index contributed by atoms with van der Waals surface area (Å²) >= 11 is 0. The van der Waals surface area contributed by atoms with Crippen LogP contribution in [-0.2, 0) is 0 Å². The zero-order valence-electron chi connectivity index (χ0n) is 5.57. The lowest BCUT2D eigenvalue weighted by Gasteiger charge is -2.05. The van der Waals surface area contributed by atoms with Gasteiger partial charge in [-0.2, -0.15) is 13.2 Å². The monoisotopic (exact) mass is 208 g/mol. The third-order valence-corrected chi connectivity index (χ3v) is 1.97. The van der Waals surface area contributed by atoms with Crippen molar-refractivity contribution in [3.63, 3.8) is 0 Å². The van der Waals surface area contributed by atoms with Crippen molar-refractivity contribution in [2.24, 2.45) is 0 Å². The molecule has 0 spiro atoms. The van der Waals surface area contributed by atoms with Crippen LogP contribution in [0.1, 0.15) is 21.3 Å². The van der Waals surface area contributed by atoms with E-state index in [4.69, 9.17) is 4.80 Å². The van der Waals surface area contributed by atoms with E-state index in [-0.39, 0.29) is 26.4 Å². The quantitative estimate of drug-likeness (QED) is 0.690. The van der Waals surface area contributed by atoms with Crippen LogP contribution in [0.5, 0.6) is 0 Å². The van der Waals surface area contributed by atoms with E-state index in [9.17, 15) is 13.2 Å². The maximum atomic E-state index is 11.3. The number of rotatable bonds is 2. The molecule has 0 aliphatic heterocycles. The summed E-state index contributed by atoms with van der Waals surface area (Å²) in [7, 11) is -1.99. The van der Waals surface area contributed by atoms with Gasteiger partial charge in [0.1, 0.15) is 0 Å². The van der Waals surface area contributed by atoms with Gasteiger partial charge >= 0.3 is 6.18 Å². The molecule has 0 heterocycles. The van der Waals surface area contributed by atoms with Crippen molar-refractivity contribution in [1.29, 1.82) is 0 Å². The Hall–Kier alpha value is -0.0731. The average Bonchev–Trinajstić information content (AvgIpc) is 1.59. The summed E-state index contributed by atoms with van der Waals surface area (Å²) in [6, 6.07) is -0.0660. The molecule has 0 bridgehead atoms. The first-order valence-corrected chi connectivity index (χ1v) is 5.15. The predicted octanol–water partition coefficient (Wildman–Crippen LogP) is 1.73. The molecule has 0 amide bonds. The number of hydrogen-bond donors (Lipinski definition) is 1. The molecule has 2 nitrogen and oxygen atoms in total. The van der Waals surface area contributed by atoms with Crippen LogP contribution < -0.4 is 0 Å². The third kappa shape index (κ3) is 22.5. The second kappa shape index (κ2) is 9.02. The van der Waals surface area contributed by atoms with E-state index >= 15 is 0 Å². The van der Waals surface area contributed by atoms with E-state index in [2.05, 4.69) is 0 Å². The predicted molar refractivity (Wildman–Crippen MR) is 47.8 cm³/mol. The summed E-state index contributed by atoms with van der Waals surface area (Å²) in [6.07, 6.45) is -4.93. The molecule has 0 aliphatic rings. The standard InChI is InChI=1S/C4H9F3OSi.2CH4.H2O/c1-9(8)3-2-4(5,6)7;;;/h8-9H,2-3H2,1H3;2*1H4;1H2. The van der Waals surface area contributed by atoms with Gasteiger partial charge in [-0.25, -0.2) is 0 Å². The molecule has 0 rings (SSSR count). The van der Waals surface area contributed by atoms with Gasteiger partial charge in [0.15, 0.2) is 9.04 Å². The van der Waals surface area contributed by atoms with Crippen LogP contribution in [0.3, 0.4) is 0 Å². The Bertz CT molecular complexity index is 85.4. The van der Waals surface area contributed by atoms with Crippen molar-refractivity contribution in [2.75, 3.05) is 0 Å². The Morgan fingerprint density at radius 3 is 1.67 bits per heavy atom. The van der Waals surface area contributed by atoms with Gasteiger partial charge in [-0.3, -0.25) is 0 Å². The zero-order valence-corrected chi connectivity index (χ0v) is 6.73.